The van der Waals surface area contributed by atoms with Crippen LogP contribution in [0.15, 0.2) is 30.3 Å². The molecule has 1 fully saturated rings. The number of aromatic nitrogens is 1. The summed E-state index contributed by atoms with van der Waals surface area (Å²) < 4.78 is 0. The predicted molar refractivity (Wildman–Crippen MR) is 92.9 cm³/mol. The van der Waals surface area contributed by atoms with Gasteiger partial charge in [0.25, 0.3) is 0 Å². The molecule has 1 saturated heterocycles. The van der Waals surface area contributed by atoms with Gasteiger partial charge in [-0.15, -0.1) is 0 Å². The van der Waals surface area contributed by atoms with E-state index >= 15 is 0 Å². The fourth-order valence-electron chi connectivity index (χ4n) is 3.08. The lowest BCUT2D eigenvalue weighted by atomic mass is 9.94. The minimum atomic E-state index is 0.431. The van der Waals surface area contributed by atoms with Crippen LogP contribution in [0.4, 0.5) is 5.82 Å². The highest BCUT2D eigenvalue weighted by molar-refractivity contribution is 7.80. The smallest absolute Gasteiger partial charge is 0.139 e. The second-order valence-electron chi connectivity index (χ2n) is 5.76. The van der Waals surface area contributed by atoms with E-state index in [1.807, 2.05) is 18.2 Å². The van der Waals surface area contributed by atoms with Crippen molar-refractivity contribution in [1.29, 1.82) is 0 Å². The number of benzene rings is 1. The molecule has 4 heteroatoms. The van der Waals surface area contributed by atoms with Crippen LogP contribution in [0.2, 0.25) is 0 Å². The highest BCUT2D eigenvalue weighted by Gasteiger charge is 2.22. The van der Waals surface area contributed by atoms with Crippen molar-refractivity contribution in [1.82, 2.24) is 4.98 Å². The van der Waals surface area contributed by atoms with E-state index < -0.39 is 0 Å². The maximum absolute atomic E-state index is 5.93. The van der Waals surface area contributed by atoms with Gasteiger partial charge in [0, 0.05) is 18.5 Å². The van der Waals surface area contributed by atoms with Crippen molar-refractivity contribution in [2.75, 3.05) is 18.0 Å². The fraction of sp³-hybridized carbons (Fsp3) is 0.412. The minimum absolute atomic E-state index is 0.431. The number of nitrogens with two attached hydrogens (primary N) is 1. The summed E-state index contributed by atoms with van der Waals surface area (Å²) in [5.41, 5.74) is 7.84. The van der Waals surface area contributed by atoms with Crippen molar-refractivity contribution < 1.29 is 0 Å². The molecule has 1 aromatic heterocycles. The first-order valence-electron chi connectivity index (χ1n) is 7.63. The van der Waals surface area contributed by atoms with Crippen LogP contribution < -0.4 is 10.6 Å². The Morgan fingerprint density at radius 2 is 2.05 bits per heavy atom. The molecule has 0 amide bonds. The van der Waals surface area contributed by atoms with Crippen LogP contribution in [0.5, 0.6) is 0 Å². The van der Waals surface area contributed by atoms with Crippen LogP contribution >= 0.6 is 12.2 Å². The van der Waals surface area contributed by atoms with Gasteiger partial charge in [0.05, 0.1) is 11.1 Å². The molecule has 1 aliphatic rings. The zero-order valence-corrected chi connectivity index (χ0v) is 13.2. The first-order chi connectivity index (χ1) is 10.2. The number of anilines is 1. The molecular weight excluding hydrogens is 278 g/mol. The fourth-order valence-corrected chi connectivity index (χ4v) is 3.23. The van der Waals surface area contributed by atoms with E-state index in [0.717, 1.165) is 41.3 Å². The van der Waals surface area contributed by atoms with Gasteiger partial charge >= 0.3 is 0 Å². The summed E-state index contributed by atoms with van der Waals surface area (Å²) in [6, 6.07) is 10.2. The lowest BCUT2D eigenvalue weighted by Gasteiger charge is -2.33. The summed E-state index contributed by atoms with van der Waals surface area (Å²) >= 11 is 5.24. The summed E-state index contributed by atoms with van der Waals surface area (Å²) in [4.78, 5) is 7.60. The summed E-state index contributed by atoms with van der Waals surface area (Å²) in [6.07, 6.45) is 3.71. The first kappa shape index (κ1) is 14.3. The van der Waals surface area contributed by atoms with Gasteiger partial charge in [0.1, 0.15) is 10.8 Å². The molecule has 3 nitrogen and oxygen atoms in total. The molecule has 0 aliphatic carbocycles. The van der Waals surface area contributed by atoms with E-state index in [1.165, 1.54) is 19.3 Å². The zero-order valence-electron chi connectivity index (χ0n) is 12.4. The van der Waals surface area contributed by atoms with E-state index in [9.17, 15) is 0 Å². The molecule has 1 aromatic carbocycles. The summed E-state index contributed by atoms with van der Waals surface area (Å²) in [6.45, 7) is 4.36. The maximum Gasteiger partial charge on any atom is 0.139 e. The molecule has 2 heterocycles. The van der Waals surface area contributed by atoms with Gasteiger partial charge in [-0.2, -0.15) is 0 Å². The number of hydrogen-bond donors (Lipinski definition) is 1. The van der Waals surface area contributed by atoms with Crippen molar-refractivity contribution in [3.8, 4) is 0 Å². The second kappa shape index (κ2) is 5.98. The van der Waals surface area contributed by atoms with Crippen LogP contribution in [0.1, 0.15) is 31.7 Å². The van der Waals surface area contributed by atoms with Crippen LogP contribution in [-0.4, -0.2) is 23.1 Å². The van der Waals surface area contributed by atoms with Crippen LogP contribution in [-0.2, 0) is 0 Å². The third kappa shape index (κ3) is 2.86. The molecular formula is C17H21N3S. The molecule has 110 valence electrons. The van der Waals surface area contributed by atoms with Crippen molar-refractivity contribution in [2.45, 2.75) is 26.2 Å². The third-order valence-electron chi connectivity index (χ3n) is 4.46. The quantitative estimate of drug-likeness (QED) is 0.881. The normalized spacial score (nSPS) is 16.3. The van der Waals surface area contributed by atoms with Gasteiger partial charge in [-0.25, -0.2) is 4.98 Å². The van der Waals surface area contributed by atoms with Gasteiger partial charge in [-0.1, -0.05) is 43.8 Å². The van der Waals surface area contributed by atoms with Crippen molar-refractivity contribution in [3.63, 3.8) is 0 Å². The number of rotatable bonds is 3. The molecule has 3 rings (SSSR count). The number of para-hydroxylation sites is 1. The Morgan fingerprint density at radius 3 is 2.71 bits per heavy atom. The molecule has 2 N–H and O–H groups in total. The molecule has 0 saturated carbocycles. The number of fused-ring (bicyclic) bond motifs is 1. The van der Waals surface area contributed by atoms with Crippen molar-refractivity contribution in [3.05, 3.63) is 35.9 Å². The van der Waals surface area contributed by atoms with Gasteiger partial charge in [0.15, 0.2) is 0 Å². The topological polar surface area (TPSA) is 42.2 Å². The van der Waals surface area contributed by atoms with E-state index in [-0.39, 0.29) is 0 Å². The van der Waals surface area contributed by atoms with Crippen LogP contribution in [0.3, 0.4) is 0 Å². The average molecular weight is 299 g/mol. The molecule has 0 radical (unpaired) electrons. The molecule has 1 aliphatic heterocycles. The Labute approximate surface area is 131 Å². The van der Waals surface area contributed by atoms with Gasteiger partial charge < -0.3 is 10.6 Å². The van der Waals surface area contributed by atoms with Crippen LogP contribution in [0, 0.1) is 5.92 Å². The SMILES string of the molecule is CCC1CCN(c2nc3ccccc3cc2C(N)=S)CC1. The van der Waals surface area contributed by atoms with Crippen molar-refractivity contribution >= 4 is 33.9 Å². The molecule has 21 heavy (non-hydrogen) atoms. The van der Waals surface area contributed by atoms with Gasteiger partial charge in [-0.3, -0.25) is 0 Å². The minimum Gasteiger partial charge on any atom is -0.389 e. The van der Waals surface area contributed by atoms with Crippen LogP contribution in [0.25, 0.3) is 10.9 Å². The largest absolute Gasteiger partial charge is 0.389 e. The highest BCUT2D eigenvalue weighted by Crippen LogP contribution is 2.28. The van der Waals surface area contributed by atoms with E-state index in [0.29, 0.717) is 4.99 Å². The van der Waals surface area contributed by atoms with E-state index in [4.69, 9.17) is 22.9 Å². The van der Waals surface area contributed by atoms with Crippen molar-refractivity contribution in [2.24, 2.45) is 11.7 Å². The number of nitrogens with zero attached hydrogens (tertiary/aromatic N) is 2. The lowest BCUT2D eigenvalue weighted by Crippen LogP contribution is -2.35. The Hall–Kier alpha value is -1.68. The lowest BCUT2D eigenvalue weighted by molar-refractivity contribution is 0.394. The Morgan fingerprint density at radius 1 is 1.33 bits per heavy atom. The standard InChI is InChI=1S/C17H21N3S/c1-2-12-7-9-20(10-8-12)17-14(16(18)21)11-13-5-3-4-6-15(13)19-17/h3-6,11-12H,2,7-10H2,1H3,(H2,18,21). The number of thiocarbonyl (C=S) groups is 1. The highest BCUT2D eigenvalue weighted by atomic mass is 32.1. The molecule has 0 bridgehead atoms. The monoisotopic (exact) mass is 299 g/mol. The maximum atomic E-state index is 5.93. The Bertz CT molecular complexity index is 660. The molecule has 2 aromatic rings. The summed E-state index contributed by atoms with van der Waals surface area (Å²) in [5, 5.41) is 1.09. The Balaban J connectivity index is 2.00. The molecule has 0 unspecified atom stereocenters. The Kier molecular flexibility index (Phi) is 4.06. The van der Waals surface area contributed by atoms with E-state index in [1.54, 1.807) is 0 Å². The van der Waals surface area contributed by atoms with Gasteiger partial charge in [-0.05, 0) is 30.9 Å². The number of pyridine rings is 1. The van der Waals surface area contributed by atoms with Gasteiger partial charge in [0.2, 0.25) is 0 Å². The second-order valence-corrected chi connectivity index (χ2v) is 6.19. The first-order valence-corrected chi connectivity index (χ1v) is 8.04. The predicted octanol–water partition coefficient (Wildman–Crippen LogP) is 3.50. The van der Waals surface area contributed by atoms with E-state index in [2.05, 4.69) is 24.0 Å². The molecule has 0 atom stereocenters. The molecule has 0 spiro atoms. The summed E-state index contributed by atoms with van der Waals surface area (Å²) in [5.74, 6) is 1.80. The third-order valence-corrected chi connectivity index (χ3v) is 4.68. The average Bonchev–Trinajstić information content (AvgIpc) is 2.53. The summed E-state index contributed by atoms with van der Waals surface area (Å²) in [7, 11) is 0. The zero-order chi connectivity index (χ0) is 14.8. The number of hydrogen-bond acceptors (Lipinski definition) is 3. The number of piperidine rings is 1.